The maximum Gasteiger partial charge on any atom is 0.248 e. The minimum absolute atomic E-state index is 0.000303. The van der Waals surface area contributed by atoms with Gasteiger partial charge >= 0.3 is 0 Å². The van der Waals surface area contributed by atoms with Crippen LogP contribution >= 0.6 is 0 Å². The normalized spacial score (nSPS) is 19.1. The van der Waals surface area contributed by atoms with Crippen molar-refractivity contribution >= 4 is 17.5 Å². The van der Waals surface area contributed by atoms with Crippen LogP contribution in [0.25, 0.3) is 0 Å². The summed E-state index contributed by atoms with van der Waals surface area (Å²) >= 11 is 0. The summed E-state index contributed by atoms with van der Waals surface area (Å²) in [6.07, 6.45) is 2.63. The van der Waals surface area contributed by atoms with Gasteiger partial charge in [0.2, 0.25) is 11.8 Å². The van der Waals surface area contributed by atoms with Gasteiger partial charge in [0, 0.05) is 11.3 Å². The predicted molar refractivity (Wildman–Crippen MR) is 100 cm³/mol. The monoisotopic (exact) mass is 353 g/mol. The fourth-order valence-corrected chi connectivity index (χ4v) is 3.17. The molecule has 0 radical (unpaired) electrons. The molecule has 2 aromatic rings. The quantitative estimate of drug-likeness (QED) is 0.744. The van der Waals surface area contributed by atoms with Crippen LogP contribution in [-0.4, -0.2) is 23.9 Å². The first-order valence-electron chi connectivity index (χ1n) is 8.77. The average Bonchev–Trinajstić information content (AvgIpc) is 3.14. The molecular formula is C20H23N3O3. The molecule has 1 aliphatic heterocycles. The first-order valence-corrected chi connectivity index (χ1v) is 8.77. The van der Waals surface area contributed by atoms with Gasteiger partial charge < -0.3 is 21.1 Å². The zero-order chi connectivity index (χ0) is 18.6. The van der Waals surface area contributed by atoms with Crippen molar-refractivity contribution in [2.45, 2.75) is 31.7 Å². The fraction of sp³-hybridized carbons (Fsp3) is 0.300. The van der Waals surface area contributed by atoms with Gasteiger partial charge in [0.05, 0.1) is 5.54 Å². The van der Waals surface area contributed by atoms with Crippen LogP contribution in [0.2, 0.25) is 0 Å². The largest absolute Gasteiger partial charge is 0.457 e. The molecule has 0 spiro atoms. The van der Waals surface area contributed by atoms with Crippen LogP contribution < -0.4 is 21.1 Å². The van der Waals surface area contributed by atoms with Gasteiger partial charge in [-0.3, -0.25) is 9.59 Å². The number of nitrogens with two attached hydrogens (primary N) is 1. The van der Waals surface area contributed by atoms with Crippen molar-refractivity contribution in [3.8, 4) is 11.5 Å². The molecule has 1 saturated heterocycles. The zero-order valence-corrected chi connectivity index (χ0v) is 14.7. The van der Waals surface area contributed by atoms with Crippen LogP contribution in [0.1, 0.15) is 36.5 Å². The van der Waals surface area contributed by atoms with Crippen molar-refractivity contribution in [1.29, 1.82) is 0 Å². The number of nitrogens with one attached hydrogen (secondary N) is 2. The van der Waals surface area contributed by atoms with E-state index in [0.29, 0.717) is 17.1 Å². The lowest BCUT2D eigenvalue weighted by Gasteiger charge is -2.26. The van der Waals surface area contributed by atoms with Gasteiger partial charge in [0.1, 0.15) is 11.5 Å². The number of carbonyl (C=O) groups is 2. The topological polar surface area (TPSA) is 93.4 Å². The molecule has 4 N–H and O–H groups in total. The molecule has 6 heteroatoms. The van der Waals surface area contributed by atoms with E-state index in [1.807, 2.05) is 6.92 Å². The van der Waals surface area contributed by atoms with E-state index in [2.05, 4.69) is 10.6 Å². The lowest BCUT2D eigenvalue weighted by atomic mass is 9.93. The number of amides is 2. The minimum Gasteiger partial charge on any atom is -0.457 e. The van der Waals surface area contributed by atoms with Crippen LogP contribution in [0.4, 0.5) is 5.69 Å². The Hall–Kier alpha value is -2.86. The van der Waals surface area contributed by atoms with Crippen molar-refractivity contribution in [2.75, 3.05) is 11.9 Å². The number of hydrogen-bond donors (Lipinski definition) is 3. The van der Waals surface area contributed by atoms with Gasteiger partial charge in [0.15, 0.2) is 0 Å². The summed E-state index contributed by atoms with van der Waals surface area (Å²) in [5, 5.41) is 6.30. The van der Waals surface area contributed by atoms with Gasteiger partial charge in [-0.2, -0.15) is 0 Å². The molecule has 0 saturated carbocycles. The van der Waals surface area contributed by atoms with Gasteiger partial charge in [-0.25, -0.2) is 0 Å². The number of primary amides is 1. The molecule has 0 bridgehead atoms. The molecule has 136 valence electrons. The van der Waals surface area contributed by atoms with E-state index < -0.39 is 11.4 Å². The van der Waals surface area contributed by atoms with Gasteiger partial charge in [0.25, 0.3) is 0 Å². The lowest BCUT2D eigenvalue weighted by Crippen LogP contribution is -2.50. The molecule has 3 rings (SSSR count). The molecule has 26 heavy (non-hydrogen) atoms. The van der Waals surface area contributed by atoms with E-state index in [9.17, 15) is 9.59 Å². The summed E-state index contributed by atoms with van der Waals surface area (Å²) in [7, 11) is 0. The SMILES string of the molecule is CCC1(C(=O)Nc2ccc(Oc3cccc(C(N)=O)c3)cc2)CCCN1. The summed E-state index contributed by atoms with van der Waals surface area (Å²) in [6.45, 7) is 2.90. The molecular weight excluding hydrogens is 330 g/mol. The Morgan fingerprint density at radius 1 is 1.19 bits per heavy atom. The van der Waals surface area contributed by atoms with Gasteiger partial charge in [-0.05, 0) is 68.3 Å². The molecule has 1 aliphatic rings. The van der Waals surface area contributed by atoms with Crippen molar-refractivity contribution in [3.05, 3.63) is 54.1 Å². The van der Waals surface area contributed by atoms with Crippen LogP contribution in [0.3, 0.4) is 0 Å². The average molecular weight is 353 g/mol. The minimum atomic E-state index is -0.501. The lowest BCUT2D eigenvalue weighted by molar-refractivity contribution is -0.122. The molecule has 6 nitrogen and oxygen atoms in total. The number of ether oxygens (including phenoxy) is 1. The van der Waals surface area contributed by atoms with Crippen molar-refractivity contribution < 1.29 is 14.3 Å². The maximum absolute atomic E-state index is 12.6. The molecule has 1 unspecified atom stereocenters. The highest BCUT2D eigenvalue weighted by Gasteiger charge is 2.38. The molecule has 1 fully saturated rings. The van der Waals surface area contributed by atoms with Crippen molar-refractivity contribution in [1.82, 2.24) is 5.32 Å². The molecule has 0 aliphatic carbocycles. The highest BCUT2D eigenvalue weighted by atomic mass is 16.5. The Morgan fingerprint density at radius 2 is 1.96 bits per heavy atom. The third-order valence-electron chi connectivity index (χ3n) is 4.75. The van der Waals surface area contributed by atoms with Gasteiger partial charge in [-0.1, -0.05) is 13.0 Å². The smallest absolute Gasteiger partial charge is 0.248 e. The van der Waals surface area contributed by atoms with Crippen molar-refractivity contribution in [2.24, 2.45) is 5.73 Å². The van der Waals surface area contributed by atoms with Crippen LogP contribution in [0.5, 0.6) is 11.5 Å². The molecule has 0 aromatic heterocycles. The summed E-state index contributed by atoms with van der Waals surface area (Å²) in [5.74, 6) is 0.631. The number of hydrogen-bond acceptors (Lipinski definition) is 4. The zero-order valence-electron chi connectivity index (χ0n) is 14.7. The van der Waals surface area contributed by atoms with Crippen LogP contribution in [0, 0.1) is 0 Å². The molecule has 2 aromatic carbocycles. The molecule has 1 heterocycles. The summed E-state index contributed by atoms with van der Waals surface area (Å²) in [6, 6.07) is 13.8. The van der Waals surface area contributed by atoms with Gasteiger partial charge in [-0.15, -0.1) is 0 Å². The number of rotatable bonds is 6. The Labute approximate surface area is 152 Å². The van der Waals surface area contributed by atoms with E-state index in [1.165, 1.54) is 0 Å². The second-order valence-electron chi connectivity index (χ2n) is 6.44. The Balaban J connectivity index is 1.66. The van der Waals surface area contributed by atoms with Crippen LogP contribution in [0.15, 0.2) is 48.5 Å². The number of carbonyl (C=O) groups excluding carboxylic acids is 2. The van der Waals surface area contributed by atoms with E-state index in [-0.39, 0.29) is 5.91 Å². The Kier molecular flexibility index (Phi) is 5.23. The second kappa shape index (κ2) is 7.58. The van der Waals surface area contributed by atoms with Crippen LogP contribution in [-0.2, 0) is 4.79 Å². The highest BCUT2D eigenvalue weighted by molar-refractivity contribution is 5.98. The standard InChI is InChI=1S/C20H23N3O3/c1-2-20(11-4-12-22-20)19(25)23-15-7-9-16(10-8-15)26-17-6-3-5-14(13-17)18(21)24/h3,5-10,13,22H,2,4,11-12H2,1H3,(H2,21,24)(H,23,25). The maximum atomic E-state index is 12.6. The predicted octanol–water partition coefficient (Wildman–Crippen LogP) is 3.05. The molecule has 2 amide bonds. The van der Waals surface area contributed by atoms with Crippen molar-refractivity contribution in [3.63, 3.8) is 0 Å². The first-order chi connectivity index (χ1) is 12.5. The highest BCUT2D eigenvalue weighted by Crippen LogP contribution is 2.27. The third-order valence-corrected chi connectivity index (χ3v) is 4.75. The summed E-state index contributed by atoms with van der Waals surface area (Å²) in [5.41, 5.74) is 5.91. The number of anilines is 1. The second-order valence-corrected chi connectivity index (χ2v) is 6.44. The fourth-order valence-electron chi connectivity index (χ4n) is 3.17. The van der Waals surface area contributed by atoms with E-state index in [4.69, 9.17) is 10.5 Å². The van der Waals surface area contributed by atoms with E-state index in [0.717, 1.165) is 31.5 Å². The van der Waals surface area contributed by atoms with E-state index >= 15 is 0 Å². The third kappa shape index (κ3) is 3.86. The first kappa shape index (κ1) is 17.9. The summed E-state index contributed by atoms with van der Waals surface area (Å²) in [4.78, 5) is 23.8. The molecule has 1 atom stereocenters. The summed E-state index contributed by atoms with van der Waals surface area (Å²) < 4.78 is 5.74. The Morgan fingerprint density at radius 3 is 2.58 bits per heavy atom. The number of benzene rings is 2. The Bertz CT molecular complexity index is 796. The van der Waals surface area contributed by atoms with E-state index in [1.54, 1.807) is 48.5 Å².